The van der Waals surface area contributed by atoms with Crippen molar-refractivity contribution < 1.29 is 9.18 Å². The van der Waals surface area contributed by atoms with Gasteiger partial charge in [0.1, 0.15) is 5.82 Å². The van der Waals surface area contributed by atoms with E-state index >= 15 is 0 Å². The zero-order valence-electron chi connectivity index (χ0n) is 11.4. The predicted molar refractivity (Wildman–Crippen MR) is 77.5 cm³/mol. The fourth-order valence-electron chi connectivity index (χ4n) is 1.86. The summed E-state index contributed by atoms with van der Waals surface area (Å²) in [6.45, 7) is 4.25. The molecule has 5 heteroatoms. The molecule has 20 heavy (non-hydrogen) atoms. The van der Waals surface area contributed by atoms with Crippen LogP contribution in [0.15, 0.2) is 36.7 Å². The van der Waals surface area contributed by atoms with Crippen molar-refractivity contribution in [3.8, 4) is 0 Å². The van der Waals surface area contributed by atoms with Crippen molar-refractivity contribution in [2.45, 2.75) is 13.8 Å². The van der Waals surface area contributed by atoms with E-state index in [4.69, 9.17) is 0 Å². The Labute approximate surface area is 117 Å². The Balaban J connectivity index is 2.26. The van der Waals surface area contributed by atoms with Crippen molar-refractivity contribution in [1.82, 2.24) is 4.98 Å². The molecule has 0 aliphatic rings. The molecule has 0 fully saturated rings. The lowest BCUT2D eigenvalue weighted by molar-refractivity contribution is 0.102. The number of carbonyl (C=O) groups excluding carboxylic acids is 1. The second kappa shape index (κ2) is 6.14. The third-order valence-corrected chi connectivity index (χ3v) is 2.95. The fraction of sp³-hybridized carbons (Fsp3) is 0.200. The summed E-state index contributed by atoms with van der Waals surface area (Å²) in [6, 6.07) is 6.23. The molecule has 0 atom stereocenters. The predicted octanol–water partition coefficient (Wildman–Crippen LogP) is 3.21. The Morgan fingerprint density at radius 3 is 2.85 bits per heavy atom. The van der Waals surface area contributed by atoms with Crippen LogP contribution in [0.2, 0.25) is 0 Å². The van der Waals surface area contributed by atoms with Crippen LogP contribution in [0.4, 0.5) is 15.8 Å². The van der Waals surface area contributed by atoms with Crippen molar-refractivity contribution in [3.63, 3.8) is 0 Å². The third-order valence-electron chi connectivity index (χ3n) is 2.95. The molecular weight excluding hydrogens is 257 g/mol. The van der Waals surface area contributed by atoms with Crippen LogP contribution in [0, 0.1) is 12.7 Å². The van der Waals surface area contributed by atoms with Gasteiger partial charge in [-0.3, -0.25) is 9.78 Å². The van der Waals surface area contributed by atoms with Gasteiger partial charge in [-0.05, 0) is 32.0 Å². The monoisotopic (exact) mass is 273 g/mol. The number of halogens is 1. The maximum Gasteiger partial charge on any atom is 0.257 e. The number of rotatable bonds is 4. The van der Waals surface area contributed by atoms with E-state index in [1.807, 2.05) is 6.92 Å². The Hall–Kier alpha value is -2.43. The summed E-state index contributed by atoms with van der Waals surface area (Å²) in [7, 11) is 0. The van der Waals surface area contributed by atoms with E-state index in [0.717, 1.165) is 0 Å². The van der Waals surface area contributed by atoms with E-state index in [1.54, 1.807) is 37.5 Å². The lowest BCUT2D eigenvalue weighted by atomic mass is 10.1. The standard InChI is InChI=1S/C15H16FN3O/c1-3-18-14-9-17-8-7-11(14)15(20)19-13-6-4-5-12(16)10(13)2/h4-9,18H,3H2,1-2H3,(H,19,20). The highest BCUT2D eigenvalue weighted by Crippen LogP contribution is 2.20. The summed E-state index contributed by atoms with van der Waals surface area (Å²) < 4.78 is 13.5. The zero-order chi connectivity index (χ0) is 14.5. The van der Waals surface area contributed by atoms with Gasteiger partial charge in [0.2, 0.25) is 0 Å². The third kappa shape index (κ3) is 2.93. The van der Waals surface area contributed by atoms with Crippen molar-refractivity contribution in [1.29, 1.82) is 0 Å². The molecular formula is C15H16FN3O. The first kappa shape index (κ1) is 14.0. The van der Waals surface area contributed by atoms with Crippen molar-refractivity contribution in [3.05, 3.63) is 53.6 Å². The lowest BCUT2D eigenvalue weighted by Gasteiger charge is -2.12. The van der Waals surface area contributed by atoms with E-state index < -0.39 is 0 Å². The summed E-state index contributed by atoms with van der Waals surface area (Å²) in [5.74, 6) is -0.638. The number of nitrogens with zero attached hydrogens (tertiary/aromatic N) is 1. The number of pyridine rings is 1. The van der Waals surface area contributed by atoms with Crippen LogP contribution in [0.3, 0.4) is 0 Å². The van der Waals surface area contributed by atoms with Crippen LogP contribution in [-0.2, 0) is 0 Å². The second-order valence-electron chi connectivity index (χ2n) is 4.32. The van der Waals surface area contributed by atoms with Crippen LogP contribution < -0.4 is 10.6 Å². The molecule has 0 unspecified atom stereocenters. The minimum atomic E-state index is -0.343. The summed E-state index contributed by atoms with van der Waals surface area (Å²) in [4.78, 5) is 16.3. The van der Waals surface area contributed by atoms with Gasteiger partial charge in [-0.15, -0.1) is 0 Å². The van der Waals surface area contributed by atoms with Crippen molar-refractivity contribution in [2.24, 2.45) is 0 Å². The van der Waals surface area contributed by atoms with Crippen LogP contribution in [0.25, 0.3) is 0 Å². The van der Waals surface area contributed by atoms with Gasteiger partial charge in [0.25, 0.3) is 5.91 Å². The maximum absolute atomic E-state index is 13.5. The molecule has 0 saturated carbocycles. The first-order valence-corrected chi connectivity index (χ1v) is 6.37. The molecule has 2 rings (SSSR count). The Kier molecular flexibility index (Phi) is 4.30. The van der Waals surface area contributed by atoms with E-state index in [2.05, 4.69) is 15.6 Å². The average molecular weight is 273 g/mol. The molecule has 1 aromatic heterocycles. The van der Waals surface area contributed by atoms with Gasteiger partial charge < -0.3 is 10.6 Å². The normalized spacial score (nSPS) is 10.2. The Morgan fingerprint density at radius 1 is 1.30 bits per heavy atom. The summed E-state index contributed by atoms with van der Waals surface area (Å²) >= 11 is 0. The molecule has 104 valence electrons. The Bertz CT molecular complexity index is 628. The first-order chi connectivity index (χ1) is 9.63. The molecule has 0 aliphatic carbocycles. The molecule has 4 nitrogen and oxygen atoms in total. The number of benzene rings is 1. The van der Waals surface area contributed by atoms with Gasteiger partial charge in [0, 0.05) is 24.0 Å². The molecule has 0 saturated heterocycles. The molecule has 1 heterocycles. The van der Waals surface area contributed by atoms with E-state index in [-0.39, 0.29) is 11.7 Å². The number of hydrogen-bond donors (Lipinski definition) is 2. The molecule has 0 bridgehead atoms. The highest BCUT2D eigenvalue weighted by Gasteiger charge is 2.13. The maximum atomic E-state index is 13.5. The molecule has 0 radical (unpaired) electrons. The number of carbonyl (C=O) groups is 1. The number of anilines is 2. The number of hydrogen-bond acceptors (Lipinski definition) is 3. The highest BCUT2D eigenvalue weighted by molar-refractivity contribution is 6.08. The van der Waals surface area contributed by atoms with Gasteiger partial charge in [0.15, 0.2) is 0 Å². The number of aromatic nitrogens is 1. The SMILES string of the molecule is CCNc1cnccc1C(=O)Nc1cccc(F)c1C. The lowest BCUT2D eigenvalue weighted by Crippen LogP contribution is -2.16. The van der Waals surface area contributed by atoms with Gasteiger partial charge in [-0.2, -0.15) is 0 Å². The summed E-state index contributed by atoms with van der Waals surface area (Å²) in [5.41, 5.74) is 2.02. The quantitative estimate of drug-likeness (QED) is 0.899. The smallest absolute Gasteiger partial charge is 0.257 e. The van der Waals surface area contributed by atoms with Gasteiger partial charge in [-0.1, -0.05) is 6.07 Å². The van der Waals surface area contributed by atoms with E-state index in [0.29, 0.717) is 29.0 Å². The molecule has 1 amide bonds. The Morgan fingerprint density at radius 2 is 2.10 bits per heavy atom. The molecule has 0 aliphatic heterocycles. The number of nitrogens with one attached hydrogen (secondary N) is 2. The molecule has 2 N–H and O–H groups in total. The minimum absolute atomic E-state index is 0.294. The van der Waals surface area contributed by atoms with Crippen molar-refractivity contribution >= 4 is 17.3 Å². The highest BCUT2D eigenvalue weighted by atomic mass is 19.1. The van der Waals surface area contributed by atoms with E-state index in [1.165, 1.54) is 6.07 Å². The molecule has 2 aromatic rings. The van der Waals surface area contributed by atoms with Crippen molar-refractivity contribution in [2.75, 3.05) is 17.2 Å². The zero-order valence-corrected chi connectivity index (χ0v) is 11.4. The summed E-state index contributed by atoms with van der Waals surface area (Å²) in [6.07, 6.45) is 3.14. The average Bonchev–Trinajstić information content (AvgIpc) is 2.45. The second-order valence-corrected chi connectivity index (χ2v) is 4.32. The van der Waals surface area contributed by atoms with Gasteiger partial charge in [-0.25, -0.2) is 4.39 Å². The van der Waals surface area contributed by atoms with Crippen LogP contribution in [-0.4, -0.2) is 17.4 Å². The fourth-order valence-corrected chi connectivity index (χ4v) is 1.86. The molecule has 1 aromatic carbocycles. The number of amides is 1. The van der Waals surface area contributed by atoms with Gasteiger partial charge in [0.05, 0.1) is 17.4 Å². The van der Waals surface area contributed by atoms with Gasteiger partial charge >= 0.3 is 0 Å². The molecule has 0 spiro atoms. The van der Waals surface area contributed by atoms with Crippen LogP contribution in [0.1, 0.15) is 22.8 Å². The largest absolute Gasteiger partial charge is 0.383 e. The van der Waals surface area contributed by atoms with E-state index in [9.17, 15) is 9.18 Å². The van der Waals surface area contributed by atoms with Crippen LogP contribution >= 0.6 is 0 Å². The minimum Gasteiger partial charge on any atom is -0.383 e. The summed E-state index contributed by atoms with van der Waals surface area (Å²) in [5, 5.41) is 5.79. The van der Waals surface area contributed by atoms with Crippen LogP contribution in [0.5, 0.6) is 0 Å². The first-order valence-electron chi connectivity index (χ1n) is 6.37. The topological polar surface area (TPSA) is 54.0 Å².